The molecule has 0 heterocycles. The molecular weight excluding hydrogens is 458 g/mol. The summed E-state index contributed by atoms with van der Waals surface area (Å²) in [7, 11) is 0. The number of carbonyl (C=O) groups is 3. The summed E-state index contributed by atoms with van der Waals surface area (Å²) in [4.78, 5) is 40.5. The maximum Gasteiger partial charge on any atom is 0.408 e. The molecule has 2 aromatic carbocycles. The number of anilines is 1. The van der Waals surface area contributed by atoms with E-state index in [1.165, 1.54) is 0 Å². The zero-order valence-electron chi connectivity index (χ0n) is 21.9. The topological polar surface area (TPSA) is 108 Å². The Kier molecular flexibility index (Phi) is 9.26. The van der Waals surface area contributed by atoms with E-state index in [9.17, 15) is 19.5 Å². The fourth-order valence-electron chi connectivity index (χ4n) is 3.91. The largest absolute Gasteiger partial charge is 0.444 e. The second-order valence-electron chi connectivity index (χ2n) is 9.68. The number of alkyl carbamates (subject to hydrolysis) is 1. The number of rotatable bonds is 7. The number of terminal acetylenes is 1. The van der Waals surface area contributed by atoms with Crippen LogP contribution in [0.3, 0.4) is 0 Å². The fourth-order valence-corrected chi connectivity index (χ4v) is 3.91. The van der Waals surface area contributed by atoms with E-state index in [0.29, 0.717) is 11.3 Å². The second kappa shape index (κ2) is 11.7. The van der Waals surface area contributed by atoms with Gasteiger partial charge in [0.15, 0.2) is 0 Å². The molecule has 2 unspecified atom stereocenters. The van der Waals surface area contributed by atoms with Crippen molar-refractivity contribution in [2.45, 2.75) is 66.2 Å². The molecule has 2 rings (SSSR count). The fraction of sp³-hybridized carbons (Fsp3) is 0.393. The molecule has 0 saturated heterocycles. The summed E-state index contributed by atoms with van der Waals surface area (Å²) in [6, 6.07) is 10.8. The third-order valence-corrected chi connectivity index (χ3v) is 5.60. The maximum absolute atomic E-state index is 13.8. The van der Waals surface area contributed by atoms with Crippen molar-refractivity contribution in [3.8, 4) is 12.5 Å². The SMILES string of the molecule is C#CN(C(=O)C(CO)NC(=O)OC(C)(C)C)C(C(=O)Nc1c(C)cccc1C)c1c(C)cccc1C. The number of para-hydroxylation sites is 1. The van der Waals surface area contributed by atoms with Gasteiger partial charge in [0.05, 0.1) is 6.61 Å². The number of ether oxygens (including phenoxy) is 1. The Morgan fingerprint density at radius 3 is 1.94 bits per heavy atom. The molecule has 8 heteroatoms. The van der Waals surface area contributed by atoms with Gasteiger partial charge in [0, 0.05) is 11.7 Å². The molecule has 0 spiro atoms. The van der Waals surface area contributed by atoms with Gasteiger partial charge in [-0.25, -0.2) is 4.79 Å². The van der Waals surface area contributed by atoms with Gasteiger partial charge in [-0.15, -0.1) is 0 Å². The van der Waals surface area contributed by atoms with Crippen LogP contribution in [-0.4, -0.2) is 46.2 Å². The van der Waals surface area contributed by atoms with E-state index in [4.69, 9.17) is 11.2 Å². The predicted molar refractivity (Wildman–Crippen MR) is 139 cm³/mol. The summed E-state index contributed by atoms with van der Waals surface area (Å²) in [6.07, 6.45) is 4.88. The van der Waals surface area contributed by atoms with Gasteiger partial charge in [-0.1, -0.05) is 42.8 Å². The van der Waals surface area contributed by atoms with Gasteiger partial charge in [-0.3, -0.25) is 14.5 Å². The first-order valence-electron chi connectivity index (χ1n) is 11.6. The maximum atomic E-state index is 13.8. The number of hydrogen-bond acceptors (Lipinski definition) is 5. The molecule has 0 radical (unpaired) electrons. The Balaban J connectivity index is 2.53. The number of hydrogen-bond donors (Lipinski definition) is 3. The molecule has 36 heavy (non-hydrogen) atoms. The molecular formula is C28H35N3O5. The number of aryl methyl sites for hydroxylation is 4. The molecule has 0 aliphatic rings. The molecule has 192 valence electrons. The summed E-state index contributed by atoms with van der Waals surface area (Å²) < 4.78 is 5.21. The number of benzene rings is 2. The molecule has 2 atom stereocenters. The van der Waals surface area contributed by atoms with Crippen LogP contribution >= 0.6 is 0 Å². The number of nitrogens with zero attached hydrogens (tertiary/aromatic N) is 1. The lowest BCUT2D eigenvalue weighted by molar-refractivity contribution is -0.137. The van der Waals surface area contributed by atoms with E-state index in [1.54, 1.807) is 20.8 Å². The van der Waals surface area contributed by atoms with E-state index in [0.717, 1.165) is 27.2 Å². The third kappa shape index (κ3) is 6.86. The number of aliphatic hydroxyl groups excluding tert-OH is 1. The van der Waals surface area contributed by atoms with Crippen LogP contribution in [0.5, 0.6) is 0 Å². The monoisotopic (exact) mass is 493 g/mol. The Bertz CT molecular complexity index is 1140. The van der Waals surface area contributed by atoms with Crippen LogP contribution in [-0.2, 0) is 14.3 Å². The summed E-state index contributed by atoms with van der Waals surface area (Å²) in [5.41, 5.74) is 3.57. The predicted octanol–water partition coefficient (Wildman–Crippen LogP) is 3.90. The van der Waals surface area contributed by atoms with Gasteiger partial charge in [-0.2, -0.15) is 0 Å². The van der Waals surface area contributed by atoms with Crippen molar-refractivity contribution in [2.75, 3.05) is 11.9 Å². The van der Waals surface area contributed by atoms with Crippen LogP contribution < -0.4 is 10.6 Å². The van der Waals surface area contributed by atoms with Gasteiger partial charge in [0.2, 0.25) is 0 Å². The molecule has 0 aromatic heterocycles. The lowest BCUT2D eigenvalue weighted by atomic mass is 9.93. The lowest BCUT2D eigenvalue weighted by Gasteiger charge is -2.31. The first-order valence-corrected chi connectivity index (χ1v) is 11.6. The molecule has 0 aliphatic heterocycles. The lowest BCUT2D eigenvalue weighted by Crippen LogP contribution is -2.52. The minimum atomic E-state index is -1.42. The van der Waals surface area contributed by atoms with Crippen LogP contribution in [0.4, 0.5) is 10.5 Å². The Morgan fingerprint density at radius 2 is 1.50 bits per heavy atom. The third-order valence-electron chi connectivity index (χ3n) is 5.60. The van der Waals surface area contributed by atoms with Gasteiger partial charge in [0.1, 0.15) is 17.7 Å². The van der Waals surface area contributed by atoms with Crippen molar-refractivity contribution in [3.05, 3.63) is 64.2 Å². The Hall–Kier alpha value is -3.83. The van der Waals surface area contributed by atoms with Gasteiger partial charge >= 0.3 is 6.09 Å². The summed E-state index contributed by atoms with van der Waals surface area (Å²) in [6.45, 7) is 11.7. The van der Waals surface area contributed by atoms with Gasteiger partial charge < -0.3 is 20.5 Å². The second-order valence-corrected chi connectivity index (χ2v) is 9.68. The van der Waals surface area contributed by atoms with Crippen molar-refractivity contribution < 1.29 is 24.2 Å². The highest BCUT2D eigenvalue weighted by molar-refractivity contribution is 6.00. The van der Waals surface area contributed by atoms with Crippen molar-refractivity contribution in [2.24, 2.45) is 0 Å². The van der Waals surface area contributed by atoms with E-state index < -0.39 is 42.2 Å². The van der Waals surface area contributed by atoms with Crippen LogP contribution in [0, 0.1) is 40.2 Å². The van der Waals surface area contributed by atoms with Crippen molar-refractivity contribution in [3.63, 3.8) is 0 Å². The Morgan fingerprint density at radius 1 is 1.00 bits per heavy atom. The zero-order valence-corrected chi connectivity index (χ0v) is 21.9. The summed E-state index contributed by atoms with van der Waals surface area (Å²) in [5.74, 6) is -1.35. The minimum absolute atomic E-state index is 0.523. The first kappa shape index (κ1) is 28.4. The van der Waals surface area contributed by atoms with E-state index >= 15 is 0 Å². The van der Waals surface area contributed by atoms with Crippen LogP contribution in [0.2, 0.25) is 0 Å². The molecule has 3 N–H and O–H groups in total. The highest BCUT2D eigenvalue weighted by atomic mass is 16.6. The summed E-state index contributed by atoms with van der Waals surface area (Å²) in [5, 5.41) is 15.2. The van der Waals surface area contributed by atoms with Crippen molar-refractivity contribution in [1.82, 2.24) is 10.2 Å². The van der Waals surface area contributed by atoms with E-state index in [1.807, 2.05) is 64.1 Å². The Labute approximate surface area is 213 Å². The quantitative estimate of drug-likeness (QED) is 0.400. The molecule has 0 aliphatic carbocycles. The van der Waals surface area contributed by atoms with Gasteiger partial charge in [0.25, 0.3) is 11.8 Å². The van der Waals surface area contributed by atoms with E-state index in [-0.39, 0.29) is 0 Å². The highest BCUT2D eigenvalue weighted by Gasteiger charge is 2.37. The highest BCUT2D eigenvalue weighted by Crippen LogP contribution is 2.30. The van der Waals surface area contributed by atoms with E-state index in [2.05, 4.69) is 16.7 Å². The minimum Gasteiger partial charge on any atom is -0.444 e. The number of nitrogens with one attached hydrogen (secondary N) is 2. The first-order chi connectivity index (χ1) is 16.8. The van der Waals surface area contributed by atoms with Crippen LogP contribution in [0.15, 0.2) is 36.4 Å². The van der Waals surface area contributed by atoms with Gasteiger partial charge in [-0.05, 0) is 76.3 Å². The number of aliphatic hydroxyl groups is 1. The van der Waals surface area contributed by atoms with Crippen molar-refractivity contribution >= 4 is 23.6 Å². The van der Waals surface area contributed by atoms with Crippen LogP contribution in [0.1, 0.15) is 54.6 Å². The molecule has 0 bridgehead atoms. The molecule has 8 nitrogen and oxygen atoms in total. The van der Waals surface area contributed by atoms with Crippen LogP contribution in [0.25, 0.3) is 0 Å². The normalized spacial score (nSPS) is 12.6. The standard InChI is InChI=1S/C28H35N3O5/c1-9-31(26(34)21(16-32)29-27(35)36-28(6,7)8)24(22-17(2)12-10-13-18(22)3)25(33)30-23-19(4)14-11-15-20(23)5/h1,10-15,21,24,32H,16H2,2-8H3,(H,29,35)(H,30,33). The molecule has 0 fully saturated rings. The molecule has 3 amide bonds. The molecule has 2 aromatic rings. The number of carbonyl (C=O) groups excluding carboxylic acids is 3. The summed E-state index contributed by atoms with van der Waals surface area (Å²) >= 11 is 0. The average molecular weight is 494 g/mol. The number of amides is 3. The average Bonchev–Trinajstić information content (AvgIpc) is 2.77. The smallest absolute Gasteiger partial charge is 0.408 e. The van der Waals surface area contributed by atoms with Crippen molar-refractivity contribution in [1.29, 1.82) is 0 Å². The molecule has 0 saturated carbocycles. The zero-order chi connectivity index (χ0) is 27.2.